The van der Waals surface area contributed by atoms with Crippen LogP contribution in [-0.2, 0) is 14.3 Å². The second-order valence-electron chi connectivity index (χ2n) is 6.70. The maximum Gasteiger partial charge on any atom is 0.226 e. The minimum atomic E-state index is -0.342. The lowest BCUT2D eigenvalue weighted by molar-refractivity contribution is -0.156. The summed E-state index contributed by atoms with van der Waals surface area (Å²) in [5, 5.41) is 0. The molecule has 2 aliphatic rings. The van der Waals surface area contributed by atoms with Gasteiger partial charge < -0.3 is 15.4 Å². The summed E-state index contributed by atoms with van der Waals surface area (Å²) in [5.41, 5.74) is 5.33. The molecule has 0 aromatic rings. The van der Waals surface area contributed by atoms with Crippen molar-refractivity contribution in [2.45, 2.75) is 39.7 Å². The van der Waals surface area contributed by atoms with E-state index in [0.717, 1.165) is 12.8 Å². The van der Waals surface area contributed by atoms with Crippen molar-refractivity contribution in [3.8, 4) is 0 Å². The van der Waals surface area contributed by atoms with Gasteiger partial charge >= 0.3 is 0 Å². The van der Waals surface area contributed by atoms with Gasteiger partial charge in [0.2, 0.25) is 11.8 Å². The number of carbonyl (C=O) groups excluding carboxylic acids is 2. The third-order valence-electron chi connectivity index (χ3n) is 4.30. The zero-order valence-electron chi connectivity index (χ0n) is 12.0. The van der Waals surface area contributed by atoms with Crippen LogP contribution in [-0.4, -0.2) is 42.5 Å². The Morgan fingerprint density at radius 1 is 1.21 bits per heavy atom. The van der Waals surface area contributed by atoms with Gasteiger partial charge in [-0.15, -0.1) is 0 Å². The molecule has 2 rings (SSSR count). The molecule has 3 atom stereocenters. The molecule has 0 radical (unpaired) electrons. The smallest absolute Gasteiger partial charge is 0.226 e. The van der Waals surface area contributed by atoms with Gasteiger partial charge in [0.1, 0.15) is 0 Å². The summed E-state index contributed by atoms with van der Waals surface area (Å²) in [6, 6.07) is 0. The third-order valence-corrected chi connectivity index (χ3v) is 4.30. The number of amides is 2. The van der Waals surface area contributed by atoms with Crippen molar-refractivity contribution in [2.24, 2.45) is 23.0 Å². The normalized spacial score (nSPS) is 31.7. The van der Waals surface area contributed by atoms with Crippen molar-refractivity contribution < 1.29 is 14.3 Å². The molecule has 108 valence electrons. The van der Waals surface area contributed by atoms with Crippen molar-refractivity contribution in [3.05, 3.63) is 0 Å². The number of carbonyl (C=O) groups is 2. The fourth-order valence-electron chi connectivity index (χ4n) is 2.74. The van der Waals surface area contributed by atoms with Crippen LogP contribution in [0.25, 0.3) is 0 Å². The number of morpholine rings is 1. The van der Waals surface area contributed by atoms with E-state index in [1.807, 2.05) is 4.90 Å². The van der Waals surface area contributed by atoms with Gasteiger partial charge in [-0.3, -0.25) is 9.59 Å². The van der Waals surface area contributed by atoms with Crippen LogP contribution in [0, 0.1) is 17.3 Å². The SMILES string of the molecule is CC(C)(C)[C@@H]1CN(C(=O)[C@@H]2CC[C@H]2C(N)=O)CCO1. The van der Waals surface area contributed by atoms with Crippen molar-refractivity contribution in [3.63, 3.8) is 0 Å². The van der Waals surface area contributed by atoms with E-state index in [1.54, 1.807) is 0 Å². The van der Waals surface area contributed by atoms with Crippen molar-refractivity contribution in [1.29, 1.82) is 0 Å². The molecule has 5 heteroatoms. The maximum atomic E-state index is 12.4. The summed E-state index contributed by atoms with van der Waals surface area (Å²) < 4.78 is 5.74. The molecule has 0 aromatic carbocycles. The number of hydrogen-bond acceptors (Lipinski definition) is 3. The van der Waals surface area contributed by atoms with Gasteiger partial charge in [-0.1, -0.05) is 20.8 Å². The van der Waals surface area contributed by atoms with E-state index in [2.05, 4.69) is 20.8 Å². The summed E-state index contributed by atoms with van der Waals surface area (Å²) in [6.45, 7) is 8.14. The first kappa shape index (κ1) is 14.3. The van der Waals surface area contributed by atoms with E-state index in [9.17, 15) is 9.59 Å². The molecule has 2 fully saturated rings. The molecule has 2 N–H and O–H groups in total. The first-order chi connectivity index (χ1) is 8.80. The average Bonchev–Trinajstić information content (AvgIpc) is 2.25. The standard InChI is InChI=1S/C14H24N2O3/c1-14(2,3)11-8-16(6-7-19-11)13(18)10-5-4-9(10)12(15)17/h9-11H,4-8H2,1-3H3,(H2,15,17)/t9-,10-,11+/m1/s1. The van der Waals surface area contributed by atoms with Gasteiger partial charge in [0.15, 0.2) is 0 Å². The lowest BCUT2D eigenvalue weighted by Crippen LogP contribution is -2.54. The van der Waals surface area contributed by atoms with Gasteiger partial charge in [0.25, 0.3) is 0 Å². The monoisotopic (exact) mass is 268 g/mol. The highest BCUT2D eigenvalue weighted by molar-refractivity contribution is 5.88. The second kappa shape index (κ2) is 5.12. The zero-order chi connectivity index (χ0) is 14.2. The third kappa shape index (κ3) is 2.91. The molecule has 0 bridgehead atoms. The minimum absolute atomic E-state index is 0.0155. The minimum Gasteiger partial charge on any atom is -0.374 e. The molecule has 0 unspecified atom stereocenters. The van der Waals surface area contributed by atoms with E-state index in [0.29, 0.717) is 19.7 Å². The Labute approximate surface area is 114 Å². The van der Waals surface area contributed by atoms with Gasteiger partial charge in [-0.25, -0.2) is 0 Å². The molecule has 19 heavy (non-hydrogen) atoms. The number of nitrogens with two attached hydrogens (primary N) is 1. The lowest BCUT2D eigenvalue weighted by Gasteiger charge is -2.43. The molecular weight excluding hydrogens is 244 g/mol. The van der Waals surface area contributed by atoms with Gasteiger partial charge in [0, 0.05) is 24.9 Å². The van der Waals surface area contributed by atoms with Crippen LogP contribution in [0.1, 0.15) is 33.6 Å². The summed E-state index contributed by atoms with van der Waals surface area (Å²) in [6.07, 6.45) is 1.58. The first-order valence-corrected chi connectivity index (χ1v) is 7.00. The molecule has 5 nitrogen and oxygen atoms in total. The van der Waals surface area contributed by atoms with Crippen LogP contribution < -0.4 is 5.73 Å². The molecule has 1 heterocycles. The predicted molar refractivity (Wildman–Crippen MR) is 71.2 cm³/mol. The predicted octanol–water partition coefficient (Wildman–Crippen LogP) is 0.771. The summed E-state index contributed by atoms with van der Waals surface area (Å²) in [4.78, 5) is 25.5. The van der Waals surface area contributed by atoms with E-state index in [-0.39, 0.29) is 35.2 Å². The Balaban J connectivity index is 1.98. The second-order valence-corrected chi connectivity index (χ2v) is 6.70. The molecule has 1 aliphatic heterocycles. The quantitative estimate of drug-likeness (QED) is 0.804. The Hall–Kier alpha value is -1.10. The van der Waals surface area contributed by atoms with Crippen molar-refractivity contribution >= 4 is 11.8 Å². The average molecular weight is 268 g/mol. The summed E-state index contributed by atoms with van der Waals surface area (Å²) >= 11 is 0. The van der Waals surface area contributed by atoms with Crippen LogP contribution in [0.15, 0.2) is 0 Å². The lowest BCUT2D eigenvalue weighted by atomic mass is 9.72. The highest BCUT2D eigenvalue weighted by Gasteiger charge is 2.43. The van der Waals surface area contributed by atoms with E-state index in [4.69, 9.17) is 10.5 Å². The molecule has 2 amide bonds. The first-order valence-electron chi connectivity index (χ1n) is 7.00. The van der Waals surface area contributed by atoms with Crippen molar-refractivity contribution in [2.75, 3.05) is 19.7 Å². The topological polar surface area (TPSA) is 72.6 Å². The molecule has 0 spiro atoms. The van der Waals surface area contributed by atoms with E-state index < -0.39 is 0 Å². The van der Waals surface area contributed by atoms with Crippen LogP contribution in [0.2, 0.25) is 0 Å². The maximum absolute atomic E-state index is 12.4. The fourth-order valence-corrected chi connectivity index (χ4v) is 2.74. The zero-order valence-corrected chi connectivity index (χ0v) is 12.0. The molecular formula is C14H24N2O3. The summed E-state index contributed by atoms with van der Waals surface area (Å²) in [5.74, 6) is -0.725. The van der Waals surface area contributed by atoms with E-state index >= 15 is 0 Å². The number of nitrogens with zero attached hydrogens (tertiary/aromatic N) is 1. The van der Waals surface area contributed by atoms with Crippen LogP contribution >= 0.6 is 0 Å². The molecule has 1 saturated carbocycles. The van der Waals surface area contributed by atoms with Crippen molar-refractivity contribution in [1.82, 2.24) is 4.90 Å². The molecule has 0 aromatic heterocycles. The molecule has 1 saturated heterocycles. The van der Waals surface area contributed by atoms with Gasteiger partial charge in [-0.2, -0.15) is 0 Å². The Bertz CT molecular complexity index is 375. The Kier molecular flexibility index (Phi) is 3.85. The number of rotatable bonds is 2. The number of primary amides is 1. The highest BCUT2D eigenvalue weighted by atomic mass is 16.5. The Morgan fingerprint density at radius 3 is 2.32 bits per heavy atom. The van der Waals surface area contributed by atoms with Gasteiger partial charge in [0.05, 0.1) is 12.7 Å². The number of ether oxygens (including phenoxy) is 1. The number of hydrogen-bond donors (Lipinski definition) is 1. The molecule has 1 aliphatic carbocycles. The van der Waals surface area contributed by atoms with Crippen LogP contribution in [0.3, 0.4) is 0 Å². The summed E-state index contributed by atoms with van der Waals surface area (Å²) in [7, 11) is 0. The van der Waals surface area contributed by atoms with Crippen LogP contribution in [0.5, 0.6) is 0 Å². The largest absolute Gasteiger partial charge is 0.374 e. The van der Waals surface area contributed by atoms with Crippen LogP contribution in [0.4, 0.5) is 0 Å². The van der Waals surface area contributed by atoms with Gasteiger partial charge in [-0.05, 0) is 18.3 Å². The van der Waals surface area contributed by atoms with E-state index in [1.165, 1.54) is 0 Å². The highest BCUT2D eigenvalue weighted by Crippen LogP contribution is 2.36. The fraction of sp³-hybridized carbons (Fsp3) is 0.857. The Morgan fingerprint density at radius 2 is 1.84 bits per heavy atom.